The molecule has 2 aromatic rings. The van der Waals surface area contributed by atoms with E-state index in [0.717, 1.165) is 21.2 Å². The highest BCUT2D eigenvalue weighted by Crippen LogP contribution is 2.28. The molecule has 0 spiro atoms. The van der Waals surface area contributed by atoms with Crippen LogP contribution in [0.4, 0.5) is 5.82 Å². The maximum absolute atomic E-state index is 6.02. The van der Waals surface area contributed by atoms with Crippen molar-refractivity contribution in [1.29, 1.82) is 0 Å². The molecule has 0 radical (unpaired) electrons. The van der Waals surface area contributed by atoms with Crippen molar-refractivity contribution in [1.82, 2.24) is 4.98 Å². The maximum atomic E-state index is 6.02. The van der Waals surface area contributed by atoms with Crippen molar-refractivity contribution in [2.45, 2.75) is 6.92 Å². The predicted molar refractivity (Wildman–Crippen MR) is 61.7 cm³/mol. The first kappa shape index (κ1) is 9.49. The van der Waals surface area contributed by atoms with Gasteiger partial charge in [0.2, 0.25) is 0 Å². The molecule has 2 rings (SSSR count). The molecular formula is C10H9ClN2S. The van der Waals surface area contributed by atoms with Gasteiger partial charge in [0.25, 0.3) is 0 Å². The normalized spacial score (nSPS) is 10.4. The number of nitrogen functional groups attached to an aromatic ring is 1. The van der Waals surface area contributed by atoms with Gasteiger partial charge in [0.05, 0.1) is 0 Å². The maximum Gasteiger partial charge on any atom is 0.135 e. The van der Waals surface area contributed by atoms with Gasteiger partial charge in [-0.1, -0.05) is 23.7 Å². The Morgan fingerprint density at radius 2 is 2.21 bits per heavy atom. The SMILES string of the molecule is Cc1ccc(-c2nc(N)cs2)cc1Cl. The summed E-state index contributed by atoms with van der Waals surface area (Å²) in [7, 11) is 0. The summed E-state index contributed by atoms with van der Waals surface area (Å²) in [5, 5.41) is 3.49. The summed E-state index contributed by atoms with van der Waals surface area (Å²) in [4.78, 5) is 4.19. The quantitative estimate of drug-likeness (QED) is 0.807. The molecule has 2 nitrogen and oxygen atoms in total. The van der Waals surface area contributed by atoms with Crippen LogP contribution < -0.4 is 5.73 Å². The molecule has 4 heteroatoms. The number of thiazole rings is 1. The molecule has 0 fully saturated rings. The fourth-order valence-corrected chi connectivity index (χ4v) is 2.03. The Labute approximate surface area is 91.4 Å². The standard InChI is InChI=1S/C10H9ClN2S/c1-6-2-3-7(4-8(6)11)10-13-9(12)5-14-10/h2-5H,12H2,1H3. The minimum absolute atomic E-state index is 0.557. The summed E-state index contributed by atoms with van der Waals surface area (Å²) in [6.45, 7) is 1.97. The van der Waals surface area contributed by atoms with Crippen LogP contribution in [-0.2, 0) is 0 Å². The van der Waals surface area contributed by atoms with Crippen molar-refractivity contribution in [2.75, 3.05) is 5.73 Å². The lowest BCUT2D eigenvalue weighted by Crippen LogP contribution is -1.84. The minimum Gasteiger partial charge on any atom is -0.383 e. The Kier molecular flexibility index (Phi) is 2.44. The zero-order valence-electron chi connectivity index (χ0n) is 7.62. The van der Waals surface area contributed by atoms with Gasteiger partial charge < -0.3 is 5.73 Å². The number of aromatic nitrogens is 1. The molecule has 1 aromatic carbocycles. The largest absolute Gasteiger partial charge is 0.383 e. The average molecular weight is 225 g/mol. The van der Waals surface area contributed by atoms with Gasteiger partial charge in [-0.15, -0.1) is 11.3 Å². The number of halogens is 1. The van der Waals surface area contributed by atoms with Crippen molar-refractivity contribution in [3.05, 3.63) is 34.2 Å². The van der Waals surface area contributed by atoms with Crippen LogP contribution in [-0.4, -0.2) is 4.98 Å². The molecule has 0 amide bonds. The van der Waals surface area contributed by atoms with Crippen molar-refractivity contribution in [2.24, 2.45) is 0 Å². The average Bonchev–Trinajstić information content (AvgIpc) is 2.57. The molecule has 0 unspecified atom stereocenters. The van der Waals surface area contributed by atoms with E-state index in [9.17, 15) is 0 Å². The van der Waals surface area contributed by atoms with Crippen LogP contribution in [0.1, 0.15) is 5.56 Å². The van der Waals surface area contributed by atoms with Crippen LogP contribution in [0.15, 0.2) is 23.6 Å². The van der Waals surface area contributed by atoms with E-state index in [0.29, 0.717) is 5.82 Å². The van der Waals surface area contributed by atoms with Crippen LogP contribution >= 0.6 is 22.9 Å². The Morgan fingerprint density at radius 3 is 2.79 bits per heavy atom. The van der Waals surface area contributed by atoms with Crippen LogP contribution in [0.5, 0.6) is 0 Å². The summed E-state index contributed by atoms with van der Waals surface area (Å²) in [6.07, 6.45) is 0. The first-order chi connectivity index (χ1) is 6.66. The van der Waals surface area contributed by atoms with Crippen molar-refractivity contribution < 1.29 is 0 Å². The number of nitrogens with zero attached hydrogens (tertiary/aromatic N) is 1. The molecule has 0 atom stereocenters. The second kappa shape index (κ2) is 3.59. The van der Waals surface area contributed by atoms with Gasteiger partial charge in [-0.25, -0.2) is 4.98 Å². The predicted octanol–water partition coefficient (Wildman–Crippen LogP) is 3.35. The fraction of sp³-hybridized carbons (Fsp3) is 0.100. The molecule has 14 heavy (non-hydrogen) atoms. The van der Waals surface area contributed by atoms with E-state index >= 15 is 0 Å². The minimum atomic E-state index is 0.557. The summed E-state index contributed by atoms with van der Waals surface area (Å²) in [6, 6.07) is 5.89. The molecular weight excluding hydrogens is 216 g/mol. The van der Waals surface area contributed by atoms with Gasteiger partial charge >= 0.3 is 0 Å². The second-order valence-electron chi connectivity index (χ2n) is 3.04. The number of nitrogens with two attached hydrogens (primary N) is 1. The Morgan fingerprint density at radius 1 is 1.43 bits per heavy atom. The Hall–Kier alpha value is -1.06. The molecule has 1 heterocycles. The third kappa shape index (κ3) is 1.74. The molecule has 0 bridgehead atoms. The molecule has 0 saturated heterocycles. The van der Waals surface area contributed by atoms with Crippen molar-refractivity contribution in [3.63, 3.8) is 0 Å². The van der Waals surface area contributed by atoms with Gasteiger partial charge in [-0.3, -0.25) is 0 Å². The van der Waals surface area contributed by atoms with Gasteiger partial charge in [0.15, 0.2) is 0 Å². The summed E-state index contributed by atoms with van der Waals surface area (Å²) in [5.41, 5.74) is 7.64. The van der Waals surface area contributed by atoms with Crippen molar-refractivity contribution >= 4 is 28.8 Å². The monoisotopic (exact) mass is 224 g/mol. The lowest BCUT2D eigenvalue weighted by Gasteiger charge is -1.99. The van der Waals surface area contributed by atoms with Gasteiger partial charge in [-0.05, 0) is 18.6 Å². The number of anilines is 1. The Balaban J connectivity index is 2.47. The highest BCUT2D eigenvalue weighted by molar-refractivity contribution is 7.13. The molecule has 72 valence electrons. The molecule has 1 aromatic heterocycles. The van der Waals surface area contributed by atoms with Crippen LogP contribution in [0.3, 0.4) is 0 Å². The van der Waals surface area contributed by atoms with Crippen LogP contribution in [0.2, 0.25) is 5.02 Å². The lowest BCUT2D eigenvalue weighted by molar-refractivity contribution is 1.40. The van der Waals surface area contributed by atoms with E-state index in [1.54, 1.807) is 0 Å². The van der Waals surface area contributed by atoms with Crippen LogP contribution in [0, 0.1) is 6.92 Å². The number of hydrogen-bond acceptors (Lipinski definition) is 3. The Bertz CT molecular complexity index is 465. The highest BCUT2D eigenvalue weighted by atomic mass is 35.5. The molecule has 0 aliphatic heterocycles. The third-order valence-electron chi connectivity index (χ3n) is 1.94. The highest BCUT2D eigenvalue weighted by Gasteiger charge is 2.04. The van der Waals surface area contributed by atoms with E-state index in [4.69, 9.17) is 17.3 Å². The number of aryl methyl sites for hydroxylation is 1. The smallest absolute Gasteiger partial charge is 0.135 e. The molecule has 2 N–H and O–H groups in total. The zero-order valence-corrected chi connectivity index (χ0v) is 9.19. The summed E-state index contributed by atoms with van der Waals surface area (Å²) >= 11 is 7.54. The number of benzene rings is 1. The van der Waals surface area contributed by atoms with Gasteiger partial charge in [0, 0.05) is 16.0 Å². The third-order valence-corrected chi connectivity index (χ3v) is 3.26. The molecule has 0 saturated carbocycles. The lowest BCUT2D eigenvalue weighted by atomic mass is 10.1. The number of hydrogen-bond donors (Lipinski definition) is 1. The summed E-state index contributed by atoms with van der Waals surface area (Å²) < 4.78 is 0. The van der Waals surface area contributed by atoms with Crippen LogP contribution in [0.25, 0.3) is 10.6 Å². The second-order valence-corrected chi connectivity index (χ2v) is 4.31. The fourth-order valence-electron chi connectivity index (χ4n) is 1.14. The first-order valence-electron chi connectivity index (χ1n) is 4.14. The van der Waals surface area contributed by atoms with Gasteiger partial charge in [-0.2, -0.15) is 0 Å². The molecule has 0 aliphatic carbocycles. The number of rotatable bonds is 1. The molecule has 0 aliphatic rings. The van der Waals surface area contributed by atoms with E-state index < -0.39 is 0 Å². The van der Waals surface area contributed by atoms with Crippen molar-refractivity contribution in [3.8, 4) is 10.6 Å². The zero-order chi connectivity index (χ0) is 10.1. The summed E-state index contributed by atoms with van der Waals surface area (Å²) in [5.74, 6) is 0.557. The van der Waals surface area contributed by atoms with E-state index in [1.807, 2.05) is 30.5 Å². The van der Waals surface area contributed by atoms with E-state index in [1.165, 1.54) is 11.3 Å². The van der Waals surface area contributed by atoms with E-state index in [-0.39, 0.29) is 0 Å². The first-order valence-corrected chi connectivity index (χ1v) is 5.40. The van der Waals surface area contributed by atoms with E-state index in [2.05, 4.69) is 4.98 Å². The van der Waals surface area contributed by atoms with Gasteiger partial charge in [0.1, 0.15) is 10.8 Å². The topological polar surface area (TPSA) is 38.9 Å².